The van der Waals surface area contributed by atoms with E-state index in [9.17, 15) is 4.79 Å². The number of aromatic amines is 1. The highest BCUT2D eigenvalue weighted by molar-refractivity contribution is 5.87. The SMILES string of the molecule is CCC(C)(C(=O)N1CCCC1C(C)C)c1nn[nH]n1. The third-order valence-electron chi connectivity index (χ3n) is 4.35. The van der Waals surface area contributed by atoms with Crippen LogP contribution in [0.5, 0.6) is 0 Å². The molecule has 1 aromatic heterocycles. The van der Waals surface area contributed by atoms with Gasteiger partial charge in [0, 0.05) is 12.6 Å². The molecule has 106 valence electrons. The third-order valence-corrected chi connectivity index (χ3v) is 4.35. The first kappa shape index (κ1) is 14.0. The van der Waals surface area contributed by atoms with Crippen molar-refractivity contribution in [2.45, 2.75) is 58.4 Å². The van der Waals surface area contributed by atoms with Gasteiger partial charge >= 0.3 is 0 Å². The number of rotatable bonds is 4. The van der Waals surface area contributed by atoms with Gasteiger partial charge in [-0.05, 0) is 32.1 Å². The summed E-state index contributed by atoms with van der Waals surface area (Å²) in [5, 5.41) is 14.1. The van der Waals surface area contributed by atoms with Gasteiger partial charge in [0.15, 0.2) is 5.82 Å². The summed E-state index contributed by atoms with van der Waals surface area (Å²) < 4.78 is 0. The molecule has 0 aliphatic carbocycles. The average molecular weight is 265 g/mol. The summed E-state index contributed by atoms with van der Waals surface area (Å²) in [5.41, 5.74) is -0.676. The van der Waals surface area contributed by atoms with Crippen molar-refractivity contribution in [3.05, 3.63) is 5.82 Å². The number of tetrazole rings is 1. The number of nitrogens with zero attached hydrogens (tertiary/aromatic N) is 4. The van der Waals surface area contributed by atoms with Crippen molar-refractivity contribution >= 4 is 5.91 Å². The summed E-state index contributed by atoms with van der Waals surface area (Å²) in [6.07, 6.45) is 2.85. The van der Waals surface area contributed by atoms with Crippen molar-refractivity contribution in [3.8, 4) is 0 Å². The van der Waals surface area contributed by atoms with Crippen molar-refractivity contribution in [1.82, 2.24) is 25.5 Å². The first-order chi connectivity index (χ1) is 9.00. The predicted octanol–water partition coefficient (Wildman–Crippen LogP) is 1.51. The lowest BCUT2D eigenvalue weighted by Gasteiger charge is -2.34. The van der Waals surface area contributed by atoms with E-state index in [0.717, 1.165) is 19.4 Å². The lowest BCUT2D eigenvalue weighted by atomic mass is 9.84. The van der Waals surface area contributed by atoms with Gasteiger partial charge in [-0.25, -0.2) is 0 Å². The van der Waals surface area contributed by atoms with Crippen LogP contribution in [0.3, 0.4) is 0 Å². The summed E-state index contributed by atoms with van der Waals surface area (Å²) in [5.74, 6) is 1.11. The molecule has 1 fully saturated rings. The van der Waals surface area contributed by atoms with E-state index in [-0.39, 0.29) is 5.91 Å². The third kappa shape index (κ3) is 2.35. The smallest absolute Gasteiger partial charge is 0.236 e. The van der Waals surface area contributed by atoms with Crippen LogP contribution in [-0.2, 0) is 10.2 Å². The molecule has 1 aromatic rings. The van der Waals surface area contributed by atoms with Gasteiger partial charge in [0.1, 0.15) is 5.41 Å². The maximum absolute atomic E-state index is 12.9. The Balaban J connectivity index is 2.26. The standard InChI is InChI=1S/C13H23N5O/c1-5-13(4,11-14-16-17-15-11)12(19)18-8-6-7-10(18)9(2)3/h9-10H,5-8H2,1-4H3,(H,14,15,16,17). The lowest BCUT2D eigenvalue weighted by Crippen LogP contribution is -2.49. The lowest BCUT2D eigenvalue weighted by molar-refractivity contribution is -0.139. The van der Waals surface area contributed by atoms with Gasteiger partial charge in [-0.3, -0.25) is 4.79 Å². The number of likely N-dealkylation sites (tertiary alicyclic amines) is 1. The molecular weight excluding hydrogens is 242 g/mol. The fourth-order valence-electron chi connectivity index (χ4n) is 2.86. The van der Waals surface area contributed by atoms with Crippen molar-refractivity contribution in [1.29, 1.82) is 0 Å². The van der Waals surface area contributed by atoms with Crippen LogP contribution in [0.4, 0.5) is 0 Å². The van der Waals surface area contributed by atoms with Gasteiger partial charge in [-0.2, -0.15) is 5.21 Å². The van der Waals surface area contributed by atoms with Crippen LogP contribution in [0.25, 0.3) is 0 Å². The Hall–Kier alpha value is -1.46. The minimum absolute atomic E-state index is 0.132. The Morgan fingerprint density at radius 1 is 1.58 bits per heavy atom. The van der Waals surface area contributed by atoms with E-state index < -0.39 is 5.41 Å². The number of amides is 1. The molecule has 2 atom stereocenters. The van der Waals surface area contributed by atoms with E-state index in [1.54, 1.807) is 0 Å². The predicted molar refractivity (Wildman–Crippen MR) is 71.4 cm³/mol. The zero-order valence-corrected chi connectivity index (χ0v) is 12.2. The van der Waals surface area contributed by atoms with Crippen molar-refractivity contribution in [2.24, 2.45) is 5.92 Å². The maximum Gasteiger partial charge on any atom is 0.236 e. The molecule has 1 aliphatic heterocycles. The van der Waals surface area contributed by atoms with Gasteiger partial charge in [-0.15, -0.1) is 10.2 Å². The van der Waals surface area contributed by atoms with E-state index >= 15 is 0 Å². The maximum atomic E-state index is 12.9. The number of H-pyrrole nitrogens is 1. The van der Waals surface area contributed by atoms with Crippen LogP contribution in [0.15, 0.2) is 0 Å². The number of aromatic nitrogens is 4. The highest BCUT2D eigenvalue weighted by Crippen LogP contribution is 2.32. The highest BCUT2D eigenvalue weighted by atomic mass is 16.2. The number of hydrogen-bond acceptors (Lipinski definition) is 4. The second-order valence-electron chi connectivity index (χ2n) is 5.87. The van der Waals surface area contributed by atoms with E-state index in [1.165, 1.54) is 0 Å². The average Bonchev–Trinajstić information content (AvgIpc) is 3.06. The topological polar surface area (TPSA) is 74.8 Å². The van der Waals surface area contributed by atoms with Crippen LogP contribution >= 0.6 is 0 Å². The molecule has 0 aromatic carbocycles. The summed E-state index contributed by atoms with van der Waals surface area (Å²) in [6.45, 7) is 9.10. The minimum atomic E-state index is -0.676. The second-order valence-corrected chi connectivity index (χ2v) is 5.87. The zero-order chi connectivity index (χ0) is 14.0. The monoisotopic (exact) mass is 265 g/mol. The Morgan fingerprint density at radius 2 is 2.32 bits per heavy atom. The molecule has 2 unspecified atom stereocenters. The van der Waals surface area contributed by atoms with Gasteiger partial charge in [0.2, 0.25) is 5.91 Å². The molecule has 0 radical (unpaired) electrons. The molecule has 1 saturated heterocycles. The molecule has 1 aliphatic rings. The zero-order valence-electron chi connectivity index (χ0n) is 12.2. The molecule has 19 heavy (non-hydrogen) atoms. The molecule has 0 bridgehead atoms. The first-order valence-corrected chi connectivity index (χ1v) is 7.05. The van der Waals surface area contributed by atoms with Crippen molar-refractivity contribution < 1.29 is 4.79 Å². The van der Waals surface area contributed by atoms with Crippen LogP contribution in [0.2, 0.25) is 0 Å². The molecule has 2 heterocycles. The van der Waals surface area contributed by atoms with Crippen LogP contribution in [0, 0.1) is 5.92 Å². The Morgan fingerprint density at radius 3 is 2.84 bits per heavy atom. The molecule has 6 nitrogen and oxygen atoms in total. The molecule has 2 rings (SSSR count). The van der Waals surface area contributed by atoms with E-state index in [2.05, 4.69) is 34.5 Å². The highest BCUT2D eigenvalue weighted by Gasteiger charge is 2.44. The van der Waals surface area contributed by atoms with Crippen LogP contribution in [-0.4, -0.2) is 44.0 Å². The molecule has 1 N–H and O–H groups in total. The fourth-order valence-corrected chi connectivity index (χ4v) is 2.86. The molecule has 1 amide bonds. The largest absolute Gasteiger partial charge is 0.339 e. The van der Waals surface area contributed by atoms with E-state index in [1.807, 2.05) is 18.7 Å². The molecule has 0 spiro atoms. The summed E-state index contributed by atoms with van der Waals surface area (Å²) in [7, 11) is 0. The molecule has 6 heteroatoms. The first-order valence-electron chi connectivity index (χ1n) is 7.05. The fraction of sp³-hybridized carbons (Fsp3) is 0.846. The Labute approximate surface area is 113 Å². The molecule has 0 saturated carbocycles. The van der Waals surface area contributed by atoms with Gasteiger partial charge < -0.3 is 4.90 Å². The van der Waals surface area contributed by atoms with Crippen molar-refractivity contribution in [2.75, 3.05) is 6.54 Å². The van der Waals surface area contributed by atoms with E-state index in [4.69, 9.17) is 0 Å². The normalized spacial score (nSPS) is 22.8. The van der Waals surface area contributed by atoms with Gasteiger partial charge in [-0.1, -0.05) is 26.0 Å². The van der Waals surface area contributed by atoms with Crippen molar-refractivity contribution in [3.63, 3.8) is 0 Å². The Kier molecular flexibility index (Phi) is 3.87. The quantitative estimate of drug-likeness (QED) is 0.895. The second kappa shape index (κ2) is 5.27. The molecular formula is C13H23N5O. The number of nitrogens with one attached hydrogen (secondary N) is 1. The summed E-state index contributed by atoms with van der Waals surface area (Å²) >= 11 is 0. The van der Waals surface area contributed by atoms with Crippen LogP contribution < -0.4 is 0 Å². The summed E-state index contributed by atoms with van der Waals surface area (Å²) in [6, 6.07) is 0.338. The van der Waals surface area contributed by atoms with E-state index in [0.29, 0.717) is 24.2 Å². The van der Waals surface area contributed by atoms with Crippen LogP contribution in [0.1, 0.15) is 52.8 Å². The minimum Gasteiger partial charge on any atom is -0.339 e. The number of hydrogen-bond donors (Lipinski definition) is 1. The van der Waals surface area contributed by atoms with Gasteiger partial charge in [0.25, 0.3) is 0 Å². The Bertz CT molecular complexity index is 430. The number of carbonyl (C=O) groups excluding carboxylic acids is 1. The van der Waals surface area contributed by atoms with Gasteiger partial charge in [0.05, 0.1) is 0 Å². The number of carbonyl (C=O) groups is 1. The summed E-state index contributed by atoms with van der Waals surface area (Å²) in [4.78, 5) is 14.9.